The molecule has 0 saturated heterocycles. The second kappa shape index (κ2) is 20.2. The molecular weight excluding hydrogens is 927 g/mol. The lowest BCUT2D eigenvalue weighted by Gasteiger charge is -2.30. The van der Waals surface area contributed by atoms with Crippen molar-refractivity contribution >= 4 is 37.9 Å². The standard InChI is InChI=1S/C69H83N3Si2/c1-66(2,3)55-34-51(35-56(42-55)67(4,5)6)49-32-53(64-30-28-61(44-70-64)73(13,14)15)40-59(38-49)72(46-48-26-22-23-27-63(48)47-24-20-19-21-25-47)60-39-50(33-54(41-60)65-31-29-62(45-71-65)74(16,17)18)52-36-57(68(7,8)9)43-58(37-52)69(10,11)12/h19-45H,46H2,1-18H3. The van der Waals surface area contributed by atoms with Gasteiger partial charge in [0, 0.05) is 41.4 Å². The average molecular weight is 1010 g/mol. The third kappa shape index (κ3) is 12.5. The molecule has 0 N–H and O–H groups in total. The first-order chi connectivity index (χ1) is 34.4. The SMILES string of the molecule is CC(C)(C)c1cc(-c2cc(-c3ccc([Si](C)(C)C)cn3)cc(N(Cc3ccccc3-c3ccccc3)c3cc(-c4cc(C(C)(C)C)cc(C(C)(C)C)c4)cc(-c4ccc([Si](C)(C)C)cn4)c3)c2)cc(C(C)(C)C)c1. The van der Waals surface area contributed by atoms with E-state index in [0.717, 1.165) is 33.9 Å². The van der Waals surface area contributed by atoms with E-state index in [-0.39, 0.29) is 21.7 Å². The molecule has 0 spiro atoms. The largest absolute Gasteiger partial charge is 0.337 e. The molecule has 6 aromatic carbocycles. The lowest BCUT2D eigenvalue weighted by atomic mass is 9.78. The van der Waals surface area contributed by atoms with Crippen LogP contribution in [-0.2, 0) is 28.2 Å². The molecule has 0 saturated carbocycles. The summed E-state index contributed by atoms with van der Waals surface area (Å²) in [5.41, 5.74) is 19.8. The fourth-order valence-corrected chi connectivity index (χ4v) is 11.6. The van der Waals surface area contributed by atoms with Crippen molar-refractivity contribution < 1.29 is 0 Å². The first kappa shape index (κ1) is 54.1. The highest BCUT2D eigenvalue weighted by molar-refractivity contribution is 6.89. The topological polar surface area (TPSA) is 29.0 Å². The Kier molecular flexibility index (Phi) is 14.8. The van der Waals surface area contributed by atoms with Crippen LogP contribution in [0, 0.1) is 0 Å². The van der Waals surface area contributed by atoms with Crippen LogP contribution in [0.3, 0.4) is 0 Å². The van der Waals surface area contributed by atoms with E-state index in [1.54, 1.807) is 0 Å². The molecule has 0 atom stereocenters. The fraction of sp³-hybridized carbons (Fsp3) is 0.333. The number of hydrogen-bond donors (Lipinski definition) is 0. The van der Waals surface area contributed by atoms with Gasteiger partial charge in [0.2, 0.25) is 0 Å². The average Bonchev–Trinajstić information content (AvgIpc) is 3.34. The number of anilines is 2. The number of benzene rings is 6. The van der Waals surface area contributed by atoms with Gasteiger partial charge in [-0.1, -0.05) is 225 Å². The van der Waals surface area contributed by atoms with E-state index in [0.29, 0.717) is 6.54 Å². The van der Waals surface area contributed by atoms with Crippen molar-refractivity contribution in [3.05, 3.63) is 192 Å². The van der Waals surface area contributed by atoms with Gasteiger partial charge in [0.25, 0.3) is 0 Å². The predicted octanol–water partition coefficient (Wildman–Crippen LogP) is 18.4. The summed E-state index contributed by atoms with van der Waals surface area (Å²) >= 11 is 0. The number of pyridine rings is 2. The van der Waals surface area contributed by atoms with Crippen LogP contribution >= 0.6 is 0 Å². The van der Waals surface area contributed by atoms with Crippen LogP contribution in [0.5, 0.6) is 0 Å². The maximum atomic E-state index is 5.27. The van der Waals surface area contributed by atoms with Gasteiger partial charge in [-0.05, 0) is 142 Å². The number of aromatic nitrogens is 2. The Hall–Kier alpha value is -6.15. The van der Waals surface area contributed by atoms with Gasteiger partial charge in [0.1, 0.15) is 0 Å². The molecule has 0 amide bonds. The van der Waals surface area contributed by atoms with E-state index in [1.165, 1.54) is 71.6 Å². The molecule has 0 aliphatic rings. The van der Waals surface area contributed by atoms with Crippen LogP contribution in [0.15, 0.2) is 164 Å². The third-order valence-electron chi connectivity index (χ3n) is 14.7. The minimum atomic E-state index is -1.60. The number of nitrogens with zero attached hydrogens (tertiary/aromatic N) is 3. The van der Waals surface area contributed by atoms with E-state index in [4.69, 9.17) is 9.97 Å². The lowest BCUT2D eigenvalue weighted by Crippen LogP contribution is -2.37. The van der Waals surface area contributed by atoms with Crippen molar-refractivity contribution in [2.75, 3.05) is 4.90 Å². The zero-order valence-electron chi connectivity index (χ0n) is 48.1. The first-order valence-electron chi connectivity index (χ1n) is 26.9. The van der Waals surface area contributed by atoms with Gasteiger partial charge in [0.15, 0.2) is 0 Å². The highest BCUT2D eigenvalue weighted by atomic mass is 28.3. The van der Waals surface area contributed by atoms with Crippen molar-refractivity contribution in [1.29, 1.82) is 0 Å². The zero-order chi connectivity index (χ0) is 53.8. The van der Waals surface area contributed by atoms with Crippen LogP contribution in [0.25, 0.3) is 55.9 Å². The van der Waals surface area contributed by atoms with E-state index in [1.807, 2.05) is 0 Å². The van der Waals surface area contributed by atoms with Gasteiger partial charge >= 0.3 is 0 Å². The molecule has 0 aliphatic heterocycles. The van der Waals surface area contributed by atoms with Crippen molar-refractivity contribution in [3.8, 4) is 55.9 Å². The summed E-state index contributed by atoms with van der Waals surface area (Å²) < 4.78 is 0. The quantitative estimate of drug-likeness (QED) is 0.121. The molecule has 2 aromatic heterocycles. The van der Waals surface area contributed by atoms with Crippen molar-refractivity contribution in [1.82, 2.24) is 9.97 Å². The van der Waals surface area contributed by atoms with Gasteiger partial charge in [-0.3, -0.25) is 9.97 Å². The molecular formula is C69H83N3Si2. The minimum absolute atomic E-state index is 0.0485. The van der Waals surface area contributed by atoms with Crippen molar-refractivity contribution in [2.24, 2.45) is 0 Å². The first-order valence-corrected chi connectivity index (χ1v) is 33.9. The van der Waals surface area contributed by atoms with Crippen LogP contribution in [0.4, 0.5) is 11.4 Å². The summed E-state index contributed by atoms with van der Waals surface area (Å²) in [6.07, 6.45) is 4.26. The second-order valence-electron chi connectivity index (χ2n) is 27.1. The smallest absolute Gasteiger partial charge is 0.0796 e. The molecule has 3 nitrogen and oxygen atoms in total. The maximum Gasteiger partial charge on any atom is 0.0796 e. The summed E-state index contributed by atoms with van der Waals surface area (Å²) in [4.78, 5) is 13.1. The predicted molar refractivity (Wildman–Crippen MR) is 329 cm³/mol. The van der Waals surface area contributed by atoms with E-state index in [2.05, 4.69) is 291 Å². The minimum Gasteiger partial charge on any atom is -0.337 e. The molecule has 74 heavy (non-hydrogen) atoms. The molecule has 0 bridgehead atoms. The van der Waals surface area contributed by atoms with Crippen LogP contribution in [0.1, 0.15) is 111 Å². The normalized spacial score (nSPS) is 12.8. The van der Waals surface area contributed by atoms with Crippen molar-refractivity contribution in [3.63, 3.8) is 0 Å². The molecule has 5 heteroatoms. The van der Waals surface area contributed by atoms with Gasteiger partial charge in [-0.25, -0.2) is 0 Å². The molecule has 0 radical (unpaired) electrons. The summed E-state index contributed by atoms with van der Waals surface area (Å²) in [6, 6.07) is 57.9. The molecule has 8 aromatic rings. The summed E-state index contributed by atoms with van der Waals surface area (Å²) in [7, 11) is -3.20. The fourth-order valence-electron chi connectivity index (χ4n) is 9.56. The molecule has 0 aliphatic carbocycles. The third-order valence-corrected chi connectivity index (χ3v) is 18.8. The second-order valence-corrected chi connectivity index (χ2v) is 37.3. The molecule has 2 heterocycles. The molecule has 0 fully saturated rings. The van der Waals surface area contributed by atoms with Gasteiger partial charge in [0.05, 0.1) is 27.5 Å². The van der Waals surface area contributed by atoms with Gasteiger partial charge in [-0.15, -0.1) is 0 Å². The zero-order valence-corrected chi connectivity index (χ0v) is 50.1. The van der Waals surface area contributed by atoms with Crippen molar-refractivity contribution in [2.45, 2.75) is 151 Å². The highest BCUT2D eigenvalue weighted by Crippen LogP contribution is 2.43. The van der Waals surface area contributed by atoms with Crippen LogP contribution in [0.2, 0.25) is 39.3 Å². The van der Waals surface area contributed by atoms with E-state index < -0.39 is 16.1 Å². The Balaban J connectivity index is 1.48. The summed E-state index contributed by atoms with van der Waals surface area (Å²) in [6.45, 7) is 42.9. The Bertz CT molecular complexity index is 3030. The molecule has 0 unspecified atom stereocenters. The number of rotatable bonds is 11. The Morgan fingerprint density at radius 2 is 0.703 bits per heavy atom. The van der Waals surface area contributed by atoms with Gasteiger partial charge < -0.3 is 4.90 Å². The Labute approximate surface area is 448 Å². The van der Waals surface area contributed by atoms with Crippen LogP contribution in [-0.4, -0.2) is 26.1 Å². The highest BCUT2D eigenvalue weighted by Gasteiger charge is 2.26. The molecule has 382 valence electrons. The van der Waals surface area contributed by atoms with Gasteiger partial charge in [-0.2, -0.15) is 0 Å². The van der Waals surface area contributed by atoms with Crippen LogP contribution < -0.4 is 15.3 Å². The summed E-state index contributed by atoms with van der Waals surface area (Å²) in [5.74, 6) is 0. The molecule has 8 rings (SSSR count). The van der Waals surface area contributed by atoms with E-state index in [9.17, 15) is 0 Å². The lowest BCUT2D eigenvalue weighted by molar-refractivity contribution is 0.568. The summed E-state index contributed by atoms with van der Waals surface area (Å²) in [5, 5.41) is 2.70. The Morgan fingerprint density at radius 1 is 0.351 bits per heavy atom. The van der Waals surface area contributed by atoms with E-state index >= 15 is 0 Å². The number of hydrogen-bond acceptors (Lipinski definition) is 3. The Morgan fingerprint density at radius 3 is 1.05 bits per heavy atom. The maximum absolute atomic E-state index is 5.27. The monoisotopic (exact) mass is 1010 g/mol.